The SMILES string of the molecule is COc1cc(NC(=O)NCCn2nnc3cc(C(=O)NC4CCCC4)ccc32)cc(OC)c1OC. The number of aromatic nitrogens is 3. The number of nitrogens with zero attached hydrogens (tertiary/aromatic N) is 3. The van der Waals surface area contributed by atoms with Gasteiger partial charge in [-0.1, -0.05) is 18.1 Å². The molecule has 0 unspecified atom stereocenters. The lowest BCUT2D eigenvalue weighted by molar-refractivity contribution is 0.0938. The molecular weight excluding hydrogens is 452 g/mol. The molecule has 0 radical (unpaired) electrons. The summed E-state index contributed by atoms with van der Waals surface area (Å²) in [5, 5.41) is 17.0. The van der Waals surface area contributed by atoms with Gasteiger partial charge in [0.05, 0.1) is 39.1 Å². The molecule has 186 valence electrons. The van der Waals surface area contributed by atoms with Gasteiger partial charge in [-0.15, -0.1) is 5.10 Å². The fourth-order valence-electron chi connectivity index (χ4n) is 4.22. The van der Waals surface area contributed by atoms with Crippen LogP contribution in [0.25, 0.3) is 11.0 Å². The third-order valence-electron chi connectivity index (χ3n) is 6.00. The van der Waals surface area contributed by atoms with Crippen molar-refractivity contribution >= 4 is 28.7 Å². The maximum absolute atomic E-state index is 12.5. The summed E-state index contributed by atoms with van der Waals surface area (Å²) in [7, 11) is 4.53. The predicted octanol–water partition coefficient (Wildman–Crippen LogP) is 2.95. The average Bonchev–Trinajstić information content (AvgIpc) is 3.53. The molecule has 1 aliphatic rings. The van der Waals surface area contributed by atoms with Gasteiger partial charge in [-0.2, -0.15) is 0 Å². The predicted molar refractivity (Wildman–Crippen MR) is 130 cm³/mol. The largest absolute Gasteiger partial charge is 0.493 e. The third kappa shape index (κ3) is 5.56. The van der Waals surface area contributed by atoms with Gasteiger partial charge in [0, 0.05) is 30.3 Å². The number of hydrogen-bond acceptors (Lipinski definition) is 7. The molecule has 0 saturated heterocycles. The summed E-state index contributed by atoms with van der Waals surface area (Å²) in [5.41, 5.74) is 2.48. The van der Waals surface area contributed by atoms with Crippen molar-refractivity contribution < 1.29 is 23.8 Å². The Morgan fingerprint density at radius 1 is 1.03 bits per heavy atom. The van der Waals surface area contributed by atoms with Gasteiger partial charge in [0.25, 0.3) is 5.91 Å². The quantitative estimate of drug-likeness (QED) is 0.428. The van der Waals surface area contributed by atoms with Crippen LogP contribution in [0.4, 0.5) is 10.5 Å². The molecular formula is C24H30N6O5. The minimum Gasteiger partial charge on any atom is -0.493 e. The number of benzene rings is 2. The molecule has 0 bridgehead atoms. The van der Waals surface area contributed by atoms with Gasteiger partial charge in [0.15, 0.2) is 11.5 Å². The first-order chi connectivity index (χ1) is 17.0. The molecule has 1 aliphatic carbocycles. The van der Waals surface area contributed by atoms with Gasteiger partial charge in [0.2, 0.25) is 5.75 Å². The van der Waals surface area contributed by atoms with E-state index in [2.05, 4.69) is 26.3 Å². The normalized spacial score (nSPS) is 13.5. The van der Waals surface area contributed by atoms with Gasteiger partial charge in [-0.25, -0.2) is 9.48 Å². The summed E-state index contributed by atoms with van der Waals surface area (Å²) in [6.45, 7) is 0.728. The lowest BCUT2D eigenvalue weighted by atomic mass is 10.1. The highest BCUT2D eigenvalue weighted by Gasteiger charge is 2.19. The molecule has 0 atom stereocenters. The molecule has 3 aromatic rings. The number of methoxy groups -OCH3 is 3. The van der Waals surface area contributed by atoms with Crippen molar-refractivity contribution in [1.29, 1.82) is 0 Å². The number of amides is 3. The van der Waals surface area contributed by atoms with Crippen molar-refractivity contribution in [1.82, 2.24) is 25.6 Å². The molecule has 1 fully saturated rings. The number of carbonyl (C=O) groups excluding carboxylic acids is 2. The summed E-state index contributed by atoms with van der Waals surface area (Å²) in [5.74, 6) is 1.23. The van der Waals surface area contributed by atoms with Crippen LogP contribution in [0.2, 0.25) is 0 Å². The molecule has 11 heteroatoms. The van der Waals surface area contributed by atoms with Crippen LogP contribution < -0.4 is 30.2 Å². The Bertz CT molecular complexity index is 1180. The van der Waals surface area contributed by atoms with E-state index in [1.165, 1.54) is 21.3 Å². The van der Waals surface area contributed by atoms with Gasteiger partial charge < -0.3 is 30.2 Å². The number of rotatable bonds is 9. The van der Waals surface area contributed by atoms with E-state index in [0.29, 0.717) is 47.1 Å². The second-order valence-corrected chi connectivity index (χ2v) is 8.27. The van der Waals surface area contributed by atoms with Crippen molar-refractivity contribution in [2.45, 2.75) is 38.3 Å². The topological polar surface area (TPSA) is 129 Å². The number of fused-ring (bicyclic) bond motifs is 1. The highest BCUT2D eigenvalue weighted by atomic mass is 16.5. The minimum absolute atomic E-state index is 0.0847. The van der Waals surface area contributed by atoms with E-state index >= 15 is 0 Å². The maximum Gasteiger partial charge on any atom is 0.319 e. The fourth-order valence-corrected chi connectivity index (χ4v) is 4.22. The second-order valence-electron chi connectivity index (χ2n) is 8.27. The molecule has 35 heavy (non-hydrogen) atoms. The molecule has 3 amide bonds. The molecule has 11 nitrogen and oxygen atoms in total. The van der Waals surface area contributed by atoms with Crippen molar-refractivity contribution in [2.24, 2.45) is 0 Å². The van der Waals surface area contributed by atoms with E-state index in [1.807, 2.05) is 6.07 Å². The third-order valence-corrected chi connectivity index (χ3v) is 6.00. The first-order valence-corrected chi connectivity index (χ1v) is 11.5. The Kier molecular flexibility index (Phi) is 7.54. The zero-order valence-electron chi connectivity index (χ0n) is 20.1. The van der Waals surface area contributed by atoms with Gasteiger partial charge in [-0.05, 0) is 31.0 Å². The molecule has 1 saturated carbocycles. The Balaban J connectivity index is 1.33. The summed E-state index contributed by atoms with van der Waals surface area (Å²) in [4.78, 5) is 24.9. The average molecular weight is 483 g/mol. The van der Waals surface area contributed by atoms with E-state index in [-0.39, 0.29) is 11.9 Å². The van der Waals surface area contributed by atoms with Crippen molar-refractivity contribution in [3.05, 3.63) is 35.9 Å². The van der Waals surface area contributed by atoms with E-state index in [4.69, 9.17) is 14.2 Å². The van der Waals surface area contributed by atoms with Crippen LogP contribution in [-0.4, -0.2) is 60.8 Å². The number of ether oxygens (including phenoxy) is 3. The highest BCUT2D eigenvalue weighted by Crippen LogP contribution is 2.39. The number of anilines is 1. The zero-order chi connectivity index (χ0) is 24.8. The monoisotopic (exact) mass is 482 g/mol. The summed E-state index contributed by atoms with van der Waals surface area (Å²) >= 11 is 0. The first-order valence-electron chi connectivity index (χ1n) is 11.5. The molecule has 1 heterocycles. The van der Waals surface area contributed by atoms with Crippen LogP contribution in [0.1, 0.15) is 36.0 Å². The molecule has 0 spiro atoms. The van der Waals surface area contributed by atoms with Crippen LogP contribution in [-0.2, 0) is 6.54 Å². The van der Waals surface area contributed by atoms with Gasteiger partial charge in [-0.3, -0.25) is 4.79 Å². The van der Waals surface area contributed by atoms with Crippen LogP contribution in [0.5, 0.6) is 17.2 Å². The summed E-state index contributed by atoms with van der Waals surface area (Å²) < 4.78 is 17.6. The number of nitrogens with one attached hydrogen (secondary N) is 3. The number of carbonyl (C=O) groups is 2. The van der Waals surface area contributed by atoms with Crippen LogP contribution >= 0.6 is 0 Å². The Morgan fingerprint density at radius 2 is 1.74 bits per heavy atom. The smallest absolute Gasteiger partial charge is 0.319 e. The standard InChI is InChI=1S/C24H30N6O5/c1-33-20-13-17(14-21(34-2)22(20)35-3)27-24(32)25-10-11-30-19-9-8-15(12-18(19)28-29-30)23(31)26-16-6-4-5-7-16/h8-9,12-14,16H,4-7,10-11H2,1-3H3,(H,26,31)(H2,25,27,32). The summed E-state index contributed by atoms with van der Waals surface area (Å²) in [6.07, 6.45) is 4.38. The van der Waals surface area contributed by atoms with Gasteiger partial charge >= 0.3 is 6.03 Å². The van der Waals surface area contributed by atoms with E-state index in [1.54, 1.807) is 28.9 Å². The molecule has 2 aromatic carbocycles. The Labute approximate surface area is 203 Å². The van der Waals surface area contributed by atoms with Crippen LogP contribution in [0.15, 0.2) is 30.3 Å². The van der Waals surface area contributed by atoms with Crippen molar-refractivity contribution in [3.63, 3.8) is 0 Å². The zero-order valence-corrected chi connectivity index (χ0v) is 20.1. The van der Waals surface area contributed by atoms with E-state index in [0.717, 1.165) is 31.2 Å². The van der Waals surface area contributed by atoms with E-state index in [9.17, 15) is 9.59 Å². The second kappa shape index (κ2) is 10.9. The highest BCUT2D eigenvalue weighted by molar-refractivity contribution is 5.97. The van der Waals surface area contributed by atoms with Crippen LogP contribution in [0, 0.1) is 0 Å². The number of urea groups is 1. The van der Waals surface area contributed by atoms with Gasteiger partial charge in [0.1, 0.15) is 5.52 Å². The van der Waals surface area contributed by atoms with Crippen molar-refractivity contribution in [2.75, 3.05) is 33.2 Å². The molecule has 0 aliphatic heterocycles. The molecule has 4 rings (SSSR count). The molecule has 3 N–H and O–H groups in total. The number of hydrogen-bond donors (Lipinski definition) is 3. The lowest BCUT2D eigenvalue weighted by Crippen LogP contribution is -2.32. The minimum atomic E-state index is -0.394. The molecule has 1 aromatic heterocycles. The first kappa shape index (κ1) is 24.1. The Morgan fingerprint density at radius 3 is 2.40 bits per heavy atom. The fraction of sp³-hybridized carbons (Fsp3) is 0.417. The Hall–Kier alpha value is -4.02. The van der Waals surface area contributed by atoms with Crippen molar-refractivity contribution in [3.8, 4) is 17.2 Å². The summed E-state index contributed by atoms with van der Waals surface area (Å²) in [6, 6.07) is 8.50. The van der Waals surface area contributed by atoms with E-state index < -0.39 is 6.03 Å². The lowest BCUT2D eigenvalue weighted by Gasteiger charge is -2.15. The maximum atomic E-state index is 12.5. The van der Waals surface area contributed by atoms with Crippen LogP contribution in [0.3, 0.4) is 0 Å².